The summed E-state index contributed by atoms with van der Waals surface area (Å²) in [4.78, 5) is 0. The van der Waals surface area contributed by atoms with Gasteiger partial charge in [-0.05, 0) is 114 Å². The van der Waals surface area contributed by atoms with E-state index in [4.69, 9.17) is 22.3 Å². The van der Waals surface area contributed by atoms with E-state index in [0.717, 1.165) is 92.8 Å². The molecule has 0 fully saturated rings. The van der Waals surface area contributed by atoms with Gasteiger partial charge < -0.3 is 19.7 Å². The Labute approximate surface area is 363 Å². The lowest BCUT2D eigenvalue weighted by atomic mass is 9.79. The topological polar surface area (TPSA) is 58.9 Å². The molecule has 1 aliphatic carbocycles. The van der Waals surface area contributed by atoms with Crippen molar-refractivity contribution in [1.82, 2.24) is 0 Å². The first-order chi connectivity index (χ1) is 28.0. The number of terminal acetylenes is 2. The van der Waals surface area contributed by atoms with Gasteiger partial charge in [-0.3, -0.25) is 0 Å². The largest absolute Gasteiger partial charge is 0.507 e. The average Bonchev–Trinajstić information content (AvgIpc) is 3.13. The van der Waals surface area contributed by atoms with Crippen LogP contribution in [0, 0.1) is 24.7 Å². The summed E-state index contributed by atoms with van der Waals surface area (Å²) in [6.45, 7) is 27.9. The van der Waals surface area contributed by atoms with E-state index in [0.29, 0.717) is 63.2 Å². The predicted molar refractivity (Wildman–Crippen MR) is 251 cm³/mol. The molecular weight excluding hydrogens is 737 g/mol. The summed E-state index contributed by atoms with van der Waals surface area (Å²) < 4.78 is 13.7. The second-order valence-corrected chi connectivity index (χ2v) is 21.3. The van der Waals surface area contributed by atoms with Crippen molar-refractivity contribution in [2.75, 3.05) is 13.2 Å². The molecule has 8 bridgehead atoms. The fourth-order valence-electron chi connectivity index (χ4n) is 8.02. The lowest BCUT2D eigenvalue weighted by Gasteiger charge is -2.28. The van der Waals surface area contributed by atoms with Crippen LogP contribution in [0.4, 0.5) is 0 Å². The number of benzene rings is 4. The Morgan fingerprint density at radius 1 is 0.417 bits per heavy atom. The monoisotopic (exact) mass is 809 g/mol. The molecule has 4 aromatic carbocycles. The van der Waals surface area contributed by atoms with Crippen molar-refractivity contribution < 1.29 is 19.7 Å². The van der Waals surface area contributed by atoms with E-state index >= 15 is 0 Å². The van der Waals surface area contributed by atoms with E-state index in [9.17, 15) is 10.2 Å². The van der Waals surface area contributed by atoms with Crippen molar-refractivity contribution in [1.29, 1.82) is 0 Å². The molecule has 0 amide bonds. The number of phenols is 2. The van der Waals surface area contributed by atoms with Crippen LogP contribution in [0.1, 0.15) is 188 Å². The van der Waals surface area contributed by atoms with Crippen LogP contribution in [0.25, 0.3) is 0 Å². The molecule has 2 N–H and O–H groups in total. The van der Waals surface area contributed by atoms with E-state index in [2.05, 4.69) is 143 Å². The molecule has 60 heavy (non-hydrogen) atoms. The summed E-state index contributed by atoms with van der Waals surface area (Å²) in [5.41, 5.74) is 11.5. The van der Waals surface area contributed by atoms with Gasteiger partial charge in [0.25, 0.3) is 0 Å². The Kier molecular flexibility index (Phi) is 14.2. The molecule has 0 spiro atoms. The number of unbranched alkanes of at least 4 members (excludes halogenated alkanes) is 4. The highest BCUT2D eigenvalue weighted by molar-refractivity contribution is 5.59. The molecule has 5 rings (SSSR count). The molecule has 0 aliphatic heterocycles. The Morgan fingerprint density at radius 3 is 0.867 bits per heavy atom. The van der Waals surface area contributed by atoms with Gasteiger partial charge in [0.1, 0.15) is 23.0 Å². The van der Waals surface area contributed by atoms with Gasteiger partial charge in [-0.1, -0.05) is 132 Å². The van der Waals surface area contributed by atoms with Crippen molar-refractivity contribution in [3.63, 3.8) is 0 Å². The predicted octanol–water partition coefficient (Wildman–Crippen LogP) is 13.3. The van der Waals surface area contributed by atoms with E-state index in [-0.39, 0.29) is 21.7 Å². The number of aromatic hydroxyl groups is 2. The van der Waals surface area contributed by atoms with Crippen LogP contribution in [0.3, 0.4) is 0 Å². The Morgan fingerprint density at radius 2 is 0.650 bits per heavy atom. The lowest BCUT2D eigenvalue weighted by molar-refractivity contribution is 0.301. The maximum Gasteiger partial charge on any atom is 0.126 e. The summed E-state index contributed by atoms with van der Waals surface area (Å²) in [7, 11) is 0. The molecule has 0 unspecified atom stereocenters. The third-order valence-electron chi connectivity index (χ3n) is 11.9. The van der Waals surface area contributed by atoms with Crippen molar-refractivity contribution in [3.8, 4) is 47.7 Å². The molecule has 4 aromatic rings. The minimum atomic E-state index is -0.174. The Bertz CT molecular complexity index is 1990. The molecule has 320 valence electrons. The molecule has 0 atom stereocenters. The normalized spacial score (nSPS) is 13.4. The molecule has 0 heterocycles. The summed E-state index contributed by atoms with van der Waals surface area (Å²) >= 11 is 0. The van der Waals surface area contributed by atoms with Gasteiger partial charge in [0.2, 0.25) is 0 Å². The second-order valence-electron chi connectivity index (χ2n) is 21.3. The molecule has 0 aromatic heterocycles. The maximum absolute atomic E-state index is 12.5. The number of ether oxygens (including phenoxy) is 2. The van der Waals surface area contributed by atoms with Gasteiger partial charge in [0.15, 0.2) is 0 Å². The van der Waals surface area contributed by atoms with Crippen molar-refractivity contribution in [2.24, 2.45) is 0 Å². The highest BCUT2D eigenvalue weighted by atomic mass is 16.5. The molecule has 0 saturated carbocycles. The van der Waals surface area contributed by atoms with E-state index in [1.54, 1.807) is 0 Å². The number of phenolic OH excluding ortho intramolecular Hbond substituents is 2. The van der Waals surface area contributed by atoms with Gasteiger partial charge in [-0.2, -0.15) is 0 Å². The zero-order valence-electron chi connectivity index (χ0n) is 39.0. The summed E-state index contributed by atoms with van der Waals surface area (Å²) in [6.07, 6.45) is 18.0. The zero-order chi connectivity index (χ0) is 44.2. The first kappa shape index (κ1) is 46.3. The molecule has 4 nitrogen and oxygen atoms in total. The molecule has 0 radical (unpaired) electrons. The standard InChI is InChI=1S/C56H72O4/c1-15-17-19-21-23-59-51-41-25-37-29-45(53(3,4)5)31-39(49(37)57)27-43-35-48(56(12,13)14)36-44(52(43)60-24-22-20-18-16-2)28-40-32-46(54(6,7)8)30-38(50(40)58)26-42(51)34-47(33-41)55(9,10)11/h1-2,29-36,57-58H,17-28H2,3-14H3. The SMILES string of the molecule is C#CCCCCOc1c2cc(C(C)(C)C)cc1Cc1cc(C(C)(C)C)cc(c1O)Cc1cc(C(C)(C)C)cc(c1OCCCCC#C)Cc1cc(C(C)(C)C)cc(c1O)C2. The van der Waals surface area contributed by atoms with Crippen LogP contribution in [0.2, 0.25) is 0 Å². The third-order valence-corrected chi connectivity index (χ3v) is 11.9. The highest BCUT2D eigenvalue weighted by Crippen LogP contribution is 2.44. The van der Waals surface area contributed by atoms with Crippen LogP contribution in [0.5, 0.6) is 23.0 Å². The summed E-state index contributed by atoms with van der Waals surface area (Å²) in [5.74, 6) is 7.78. The van der Waals surface area contributed by atoms with Crippen LogP contribution in [-0.4, -0.2) is 23.4 Å². The quantitative estimate of drug-likeness (QED) is 0.109. The van der Waals surface area contributed by atoms with E-state index in [1.165, 1.54) is 11.1 Å². The fraction of sp³-hybridized carbons (Fsp3) is 0.500. The smallest absolute Gasteiger partial charge is 0.126 e. The van der Waals surface area contributed by atoms with Crippen molar-refractivity contribution in [2.45, 2.75) is 169 Å². The van der Waals surface area contributed by atoms with Gasteiger partial charge in [-0.25, -0.2) is 0 Å². The van der Waals surface area contributed by atoms with Gasteiger partial charge in [-0.15, -0.1) is 24.7 Å². The molecule has 0 saturated heterocycles. The summed E-state index contributed by atoms with van der Waals surface area (Å²) in [6, 6.07) is 17.8. The number of hydrogen-bond donors (Lipinski definition) is 2. The van der Waals surface area contributed by atoms with Crippen molar-refractivity contribution >= 4 is 0 Å². The average molecular weight is 809 g/mol. The molecule has 1 aliphatic rings. The van der Waals surface area contributed by atoms with Crippen LogP contribution in [-0.2, 0) is 47.3 Å². The highest BCUT2D eigenvalue weighted by Gasteiger charge is 2.28. The number of hydrogen-bond acceptors (Lipinski definition) is 4. The van der Waals surface area contributed by atoms with Gasteiger partial charge in [0, 0.05) is 38.5 Å². The number of rotatable bonds is 10. The second kappa shape index (κ2) is 18.4. The van der Waals surface area contributed by atoms with E-state index in [1.807, 2.05) is 0 Å². The van der Waals surface area contributed by atoms with E-state index < -0.39 is 0 Å². The Hall–Kier alpha value is -4.80. The first-order valence-corrected chi connectivity index (χ1v) is 22.2. The third kappa shape index (κ3) is 11.3. The maximum atomic E-state index is 12.5. The van der Waals surface area contributed by atoms with Crippen LogP contribution in [0.15, 0.2) is 48.5 Å². The lowest BCUT2D eigenvalue weighted by Crippen LogP contribution is -2.17. The van der Waals surface area contributed by atoms with Crippen LogP contribution < -0.4 is 9.47 Å². The molecular formula is C56H72O4. The minimum absolute atomic E-state index is 0.165. The first-order valence-electron chi connectivity index (χ1n) is 22.2. The minimum Gasteiger partial charge on any atom is -0.507 e. The summed E-state index contributed by atoms with van der Waals surface area (Å²) in [5, 5.41) is 25.0. The van der Waals surface area contributed by atoms with Crippen molar-refractivity contribution in [3.05, 3.63) is 115 Å². The van der Waals surface area contributed by atoms with Gasteiger partial charge >= 0.3 is 0 Å². The number of fused-ring (bicyclic) bond motifs is 8. The molecule has 4 heteroatoms. The zero-order valence-corrected chi connectivity index (χ0v) is 39.0. The Balaban J connectivity index is 1.89. The van der Waals surface area contributed by atoms with Crippen LogP contribution >= 0.6 is 0 Å². The van der Waals surface area contributed by atoms with Gasteiger partial charge in [0.05, 0.1) is 13.2 Å². The fourth-order valence-corrected chi connectivity index (χ4v) is 8.02.